The molecule has 6 aromatic rings. The maximum absolute atomic E-state index is 13.9. The fourth-order valence-electron chi connectivity index (χ4n) is 6.04. The number of fused-ring (bicyclic) bond motifs is 2. The van der Waals surface area contributed by atoms with Gasteiger partial charge in [-0.15, -0.1) is 0 Å². The number of carbonyl (C=O) groups is 1. The molecule has 0 atom stereocenters. The van der Waals surface area contributed by atoms with Crippen molar-refractivity contribution in [3.63, 3.8) is 0 Å². The molecule has 0 saturated heterocycles. The third kappa shape index (κ3) is 3.63. The smallest absolute Gasteiger partial charge is 0.194 e. The average molecular weight is 519 g/mol. The summed E-state index contributed by atoms with van der Waals surface area (Å²) in [5, 5.41) is 2.05. The first-order valence-corrected chi connectivity index (χ1v) is 13.3. The molecule has 0 saturated carbocycles. The van der Waals surface area contributed by atoms with Crippen molar-refractivity contribution in [2.45, 2.75) is 0 Å². The zero-order valence-corrected chi connectivity index (χ0v) is 22.3. The Kier molecular flexibility index (Phi) is 5.71. The van der Waals surface area contributed by atoms with Crippen LogP contribution >= 0.6 is 0 Å². The van der Waals surface area contributed by atoms with Gasteiger partial charge in [0.1, 0.15) is 11.5 Å². The van der Waals surface area contributed by atoms with Gasteiger partial charge in [-0.05, 0) is 74.2 Å². The molecule has 0 N–H and O–H groups in total. The van der Waals surface area contributed by atoms with Crippen molar-refractivity contribution in [3.8, 4) is 56.0 Å². The lowest BCUT2D eigenvalue weighted by Gasteiger charge is -2.28. The molecule has 0 aromatic heterocycles. The van der Waals surface area contributed by atoms with Crippen molar-refractivity contribution in [3.05, 3.63) is 132 Å². The minimum Gasteiger partial charge on any atom is -0.497 e. The van der Waals surface area contributed by atoms with E-state index in [0.29, 0.717) is 0 Å². The normalized spacial score (nSPS) is 11.8. The van der Waals surface area contributed by atoms with E-state index >= 15 is 0 Å². The molecule has 192 valence electrons. The van der Waals surface area contributed by atoms with Gasteiger partial charge in [-0.25, -0.2) is 0 Å². The summed E-state index contributed by atoms with van der Waals surface area (Å²) in [6.45, 7) is 0. The molecular weight excluding hydrogens is 492 g/mol. The third-order valence-corrected chi connectivity index (χ3v) is 7.84. The molecule has 6 aromatic carbocycles. The number of hydrogen-bond donors (Lipinski definition) is 0. The summed E-state index contributed by atoms with van der Waals surface area (Å²) in [4.78, 5) is 13.9. The topological polar surface area (TPSA) is 35.5 Å². The summed E-state index contributed by atoms with van der Waals surface area (Å²) in [5.74, 6) is 1.66. The molecule has 0 unspecified atom stereocenters. The van der Waals surface area contributed by atoms with Crippen molar-refractivity contribution in [2.24, 2.45) is 0 Å². The molecule has 1 aliphatic carbocycles. The maximum Gasteiger partial charge on any atom is 0.194 e. The van der Waals surface area contributed by atoms with Gasteiger partial charge >= 0.3 is 0 Å². The van der Waals surface area contributed by atoms with Crippen LogP contribution in [0.25, 0.3) is 55.3 Å². The van der Waals surface area contributed by atoms with Crippen LogP contribution in [0.2, 0.25) is 0 Å². The minimum atomic E-state index is 0.0607. The minimum absolute atomic E-state index is 0.0607. The molecule has 0 amide bonds. The average Bonchev–Trinajstić information content (AvgIpc) is 3.03. The van der Waals surface area contributed by atoms with Gasteiger partial charge in [0.15, 0.2) is 5.78 Å². The van der Waals surface area contributed by atoms with Crippen molar-refractivity contribution >= 4 is 16.6 Å². The van der Waals surface area contributed by atoms with Crippen LogP contribution in [0.1, 0.15) is 15.9 Å². The van der Waals surface area contributed by atoms with Gasteiger partial charge in [0.05, 0.1) is 14.2 Å². The van der Waals surface area contributed by atoms with Crippen LogP contribution in [-0.4, -0.2) is 20.0 Å². The van der Waals surface area contributed by atoms with Gasteiger partial charge in [0, 0.05) is 16.5 Å². The number of ether oxygens (including phenoxy) is 2. The van der Waals surface area contributed by atoms with Gasteiger partial charge in [-0.1, -0.05) is 97.1 Å². The molecule has 3 heteroatoms. The molecule has 40 heavy (non-hydrogen) atoms. The van der Waals surface area contributed by atoms with Crippen LogP contribution in [0, 0.1) is 0 Å². The molecule has 7 rings (SSSR count). The number of hydrogen-bond acceptors (Lipinski definition) is 3. The van der Waals surface area contributed by atoms with E-state index in [1.807, 2.05) is 60.7 Å². The summed E-state index contributed by atoms with van der Waals surface area (Å²) in [6.07, 6.45) is 0. The number of benzene rings is 6. The van der Waals surface area contributed by atoms with E-state index in [-0.39, 0.29) is 5.78 Å². The second-order valence-electron chi connectivity index (χ2n) is 9.93. The van der Waals surface area contributed by atoms with E-state index < -0.39 is 0 Å². The third-order valence-electron chi connectivity index (χ3n) is 7.84. The Morgan fingerprint density at radius 1 is 0.425 bits per heavy atom. The molecule has 0 spiro atoms. The maximum atomic E-state index is 13.9. The van der Waals surface area contributed by atoms with Crippen LogP contribution < -0.4 is 9.47 Å². The van der Waals surface area contributed by atoms with Gasteiger partial charge in [-0.3, -0.25) is 4.79 Å². The van der Waals surface area contributed by atoms with Crippen LogP contribution in [-0.2, 0) is 0 Å². The molecule has 0 bridgehead atoms. The first-order chi connectivity index (χ1) is 19.7. The highest BCUT2D eigenvalue weighted by Crippen LogP contribution is 2.54. The van der Waals surface area contributed by atoms with Crippen LogP contribution in [0.3, 0.4) is 0 Å². The summed E-state index contributed by atoms with van der Waals surface area (Å²) >= 11 is 0. The molecule has 3 nitrogen and oxygen atoms in total. The Bertz CT molecular complexity index is 1900. The highest BCUT2D eigenvalue weighted by molar-refractivity contribution is 6.31. The SMILES string of the molecule is COc1ccc(-c2c(-c3ccc(OC)cc3)c3c4c(cccc4c2-c2ccccc2)C(=O)c2ccccc2-3)cc1. The van der Waals surface area contributed by atoms with E-state index in [9.17, 15) is 4.79 Å². The largest absolute Gasteiger partial charge is 0.497 e. The van der Waals surface area contributed by atoms with E-state index in [1.165, 1.54) is 0 Å². The Balaban J connectivity index is 1.74. The predicted octanol–water partition coefficient (Wildman–Crippen LogP) is 9.07. The van der Waals surface area contributed by atoms with Crippen molar-refractivity contribution in [1.29, 1.82) is 0 Å². The standard InChI is InChI=1S/C37H26O3/c1-39-26-19-15-24(16-20-26)33-32(23-9-4-3-5-10-23)30-13-8-14-31-35(30)36(28-11-6-7-12-29(28)37(31)38)34(33)25-17-21-27(40-2)22-18-25/h3-22H,1-2H3. The molecule has 0 fully saturated rings. The zero-order chi connectivity index (χ0) is 27.2. The Labute approximate surface area is 233 Å². The molecule has 0 radical (unpaired) electrons. The lowest BCUT2D eigenvalue weighted by molar-refractivity contribution is 0.104. The predicted molar refractivity (Wildman–Crippen MR) is 162 cm³/mol. The van der Waals surface area contributed by atoms with Gasteiger partial charge in [-0.2, -0.15) is 0 Å². The van der Waals surface area contributed by atoms with Gasteiger partial charge < -0.3 is 9.47 Å². The second kappa shape index (κ2) is 9.55. The number of methoxy groups -OCH3 is 2. The second-order valence-corrected chi connectivity index (χ2v) is 9.93. The van der Waals surface area contributed by atoms with Crippen LogP contribution in [0.15, 0.2) is 121 Å². The quantitative estimate of drug-likeness (QED) is 0.228. The van der Waals surface area contributed by atoms with Crippen molar-refractivity contribution < 1.29 is 14.3 Å². The fraction of sp³-hybridized carbons (Fsp3) is 0.0541. The monoisotopic (exact) mass is 518 g/mol. The molecule has 0 aliphatic heterocycles. The molecular formula is C37H26O3. The highest BCUT2D eigenvalue weighted by Gasteiger charge is 2.31. The van der Waals surface area contributed by atoms with Crippen molar-refractivity contribution in [1.82, 2.24) is 0 Å². The van der Waals surface area contributed by atoms with E-state index in [0.717, 1.165) is 77.9 Å². The van der Waals surface area contributed by atoms with E-state index in [4.69, 9.17) is 9.47 Å². The van der Waals surface area contributed by atoms with E-state index in [1.54, 1.807) is 14.2 Å². The zero-order valence-electron chi connectivity index (χ0n) is 22.3. The van der Waals surface area contributed by atoms with Crippen LogP contribution in [0.4, 0.5) is 0 Å². The van der Waals surface area contributed by atoms with E-state index in [2.05, 4.69) is 60.7 Å². The summed E-state index contributed by atoms with van der Waals surface area (Å²) in [7, 11) is 3.36. The lowest BCUT2D eigenvalue weighted by atomic mass is 9.74. The highest BCUT2D eigenvalue weighted by atomic mass is 16.5. The van der Waals surface area contributed by atoms with Crippen molar-refractivity contribution in [2.75, 3.05) is 14.2 Å². The Morgan fingerprint density at radius 2 is 0.925 bits per heavy atom. The Hall–Kier alpha value is -5.15. The number of ketones is 1. The van der Waals surface area contributed by atoms with Gasteiger partial charge in [0.2, 0.25) is 0 Å². The molecule has 0 heterocycles. The first-order valence-electron chi connectivity index (χ1n) is 13.3. The molecule has 1 aliphatic rings. The lowest BCUT2D eigenvalue weighted by Crippen LogP contribution is -2.12. The van der Waals surface area contributed by atoms with Crippen LogP contribution in [0.5, 0.6) is 11.5 Å². The first kappa shape index (κ1) is 23.9. The summed E-state index contributed by atoms with van der Waals surface area (Å²) < 4.78 is 11.0. The number of carbonyl (C=O) groups excluding carboxylic acids is 1. The summed E-state index contributed by atoms with van der Waals surface area (Å²) in [6, 6.07) is 41.0. The summed E-state index contributed by atoms with van der Waals surface area (Å²) in [5.41, 5.74) is 10.0. The Morgan fingerprint density at radius 3 is 1.52 bits per heavy atom. The van der Waals surface area contributed by atoms with Gasteiger partial charge in [0.25, 0.3) is 0 Å². The fourth-order valence-corrected chi connectivity index (χ4v) is 6.04. The number of rotatable bonds is 5.